The lowest BCUT2D eigenvalue weighted by molar-refractivity contribution is -0.113. The fourth-order valence-electron chi connectivity index (χ4n) is 1.91. The van der Waals surface area contributed by atoms with E-state index >= 15 is 0 Å². The van der Waals surface area contributed by atoms with Crippen molar-refractivity contribution in [3.63, 3.8) is 0 Å². The van der Waals surface area contributed by atoms with Gasteiger partial charge in [-0.2, -0.15) is 0 Å². The molecule has 0 aliphatic rings. The van der Waals surface area contributed by atoms with Gasteiger partial charge in [0.1, 0.15) is 16.5 Å². The minimum absolute atomic E-state index is 0.168. The van der Waals surface area contributed by atoms with Gasteiger partial charge in [0.2, 0.25) is 5.91 Å². The summed E-state index contributed by atoms with van der Waals surface area (Å²) in [7, 11) is 0. The van der Waals surface area contributed by atoms with Crippen molar-refractivity contribution < 1.29 is 9.32 Å². The van der Waals surface area contributed by atoms with Crippen LogP contribution in [0.25, 0.3) is 11.3 Å². The van der Waals surface area contributed by atoms with Gasteiger partial charge in [-0.1, -0.05) is 58.6 Å². The first-order valence-electron chi connectivity index (χ1n) is 6.79. The molecule has 2 heterocycles. The van der Waals surface area contributed by atoms with Gasteiger partial charge in [0, 0.05) is 11.6 Å². The Morgan fingerprint density at radius 2 is 2.17 bits per heavy atom. The first-order valence-corrected chi connectivity index (χ1v) is 8.60. The predicted molar refractivity (Wildman–Crippen MR) is 92.6 cm³/mol. The minimum Gasteiger partial charge on any atom is -0.389 e. The summed E-state index contributed by atoms with van der Waals surface area (Å²) in [6.45, 7) is 1.76. The molecule has 0 spiro atoms. The summed E-state index contributed by atoms with van der Waals surface area (Å²) in [5.74, 6) is 1.12. The average Bonchev–Trinajstić information content (AvgIpc) is 3.12. The van der Waals surface area contributed by atoms with E-state index in [0.29, 0.717) is 16.6 Å². The molecule has 0 unspecified atom stereocenters. The summed E-state index contributed by atoms with van der Waals surface area (Å²) >= 11 is 2.72. The topological polar surface area (TPSA) is 94.0 Å². The number of hydrogen-bond acceptors (Lipinski definition) is 7. The molecule has 3 rings (SSSR count). The summed E-state index contributed by atoms with van der Waals surface area (Å²) in [5.41, 5.74) is 7.75. The molecule has 2 aromatic heterocycles. The van der Waals surface area contributed by atoms with Crippen LogP contribution < -0.4 is 11.1 Å². The van der Waals surface area contributed by atoms with Gasteiger partial charge >= 0.3 is 0 Å². The van der Waals surface area contributed by atoms with E-state index in [1.54, 1.807) is 13.0 Å². The molecule has 0 aliphatic heterocycles. The van der Waals surface area contributed by atoms with Crippen LogP contribution in [0.5, 0.6) is 0 Å². The molecule has 0 fully saturated rings. The maximum Gasteiger partial charge on any atom is 0.236 e. The van der Waals surface area contributed by atoms with E-state index in [-0.39, 0.29) is 11.7 Å². The monoisotopic (exact) mass is 346 g/mol. The molecule has 3 N–H and O–H groups in total. The van der Waals surface area contributed by atoms with Crippen LogP contribution in [0.3, 0.4) is 0 Å². The van der Waals surface area contributed by atoms with Gasteiger partial charge < -0.3 is 15.6 Å². The number of carbonyl (C=O) groups is 1. The van der Waals surface area contributed by atoms with E-state index in [4.69, 9.17) is 10.3 Å². The smallest absolute Gasteiger partial charge is 0.236 e. The van der Waals surface area contributed by atoms with E-state index < -0.39 is 0 Å². The lowest BCUT2D eigenvalue weighted by Crippen LogP contribution is -2.14. The maximum absolute atomic E-state index is 11.9. The molecule has 1 amide bonds. The number of aryl methyl sites for hydroxylation is 1. The Balaban J connectivity index is 1.61. The van der Waals surface area contributed by atoms with E-state index in [0.717, 1.165) is 15.6 Å². The molecule has 1 aromatic carbocycles. The van der Waals surface area contributed by atoms with Crippen LogP contribution in [0.4, 0.5) is 10.8 Å². The fourth-order valence-corrected chi connectivity index (χ4v) is 3.66. The van der Waals surface area contributed by atoms with Gasteiger partial charge in [-0.05, 0) is 6.92 Å². The number of nitrogens with two attached hydrogens (primary N) is 1. The number of nitrogens with one attached hydrogen (secondary N) is 1. The fraction of sp³-hybridized carbons (Fsp3) is 0.133. The number of amides is 1. The van der Waals surface area contributed by atoms with E-state index in [1.807, 2.05) is 30.3 Å². The standard InChI is InChI=1S/C15H14N4O2S2/c1-9-7-11(19-21-9)17-12(20)8-22-15-18-13(14(16)23-15)10-5-3-2-4-6-10/h2-7H,8,16H2,1H3,(H,17,19,20). The molecule has 118 valence electrons. The zero-order chi connectivity index (χ0) is 16.2. The van der Waals surface area contributed by atoms with Gasteiger partial charge in [0.25, 0.3) is 0 Å². The zero-order valence-corrected chi connectivity index (χ0v) is 13.9. The molecule has 0 aliphatic carbocycles. The van der Waals surface area contributed by atoms with Crippen LogP contribution in [-0.4, -0.2) is 21.8 Å². The van der Waals surface area contributed by atoms with Crippen LogP contribution in [0, 0.1) is 6.92 Å². The van der Waals surface area contributed by atoms with Crippen molar-refractivity contribution in [3.05, 3.63) is 42.2 Å². The van der Waals surface area contributed by atoms with E-state index in [2.05, 4.69) is 15.5 Å². The van der Waals surface area contributed by atoms with Gasteiger partial charge in [0.15, 0.2) is 10.2 Å². The molecule has 3 aromatic rings. The summed E-state index contributed by atoms with van der Waals surface area (Å²) in [6, 6.07) is 11.4. The molecule has 0 bridgehead atoms. The van der Waals surface area contributed by atoms with Crippen LogP contribution in [0.1, 0.15) is 5.76 Å². The summed E-state index contributed by atoms with van der Waals surface area (Å²) in [6.07, 6.45) is 0. The molecule has 6 nitrogen and oxygen atoms in total. The second-order valence-electron chi connectivity index (χ2n) is 4.72. The summed E-state index contributed by atoms with van der Waals surface area (Å²) in [5, 5.41) is 7.03. The third kappa shape index (κ3) is 3.91. The molecule has 8 heteroatoms. The van der Waals surface area contributed by atoms with Crippen LogP contribution in [0.15, 0.2) is 45.3 Å². The average molecular weight is 346 g/mol. The lowest BCUT2D eigenvalue weighted by Gasteiger charge is -1.99. The third-order valence-electron chi connectivity index (χ3n) is 2.90. The second-order valence-corrected chi connectivity index (χ2v) is 6.97. The number of carbonyl (C=O) groups excluding carboxylic acids is 1. The highest BCUT2D eigenvalue weighted by molar-refractivity contribution is 8.01. The Morgan fingerprint density at radius 1 is 1.39 bits per heavy atom. The third-order valence-corrected chi connectivity index (χ3v) is 4.93. The first kappa shape index (κ1) is 15.6. The Hall–Kier alpha value is -2.32. The number of aromatic nitrogens is 2. The van der Waals surface area contributed by atoms with Gasteiger partial charge in [-0.3, -0.25) is 4.79 Å². The van der Waals surface area contributed by atoms with Gasteiger partial charge in [-0.25, -0.2) is 4.98 Å². The van der Waals surface area contributed by atoms with Crippen molar-refractivity contribution in [1.29, 1.82) is 0 Å². The van der Waals surface area contributed by atoms with Crippen molar-refractivity contribution >= 4 is 39.8 Å². The summed E-state index contributed by atoms with van der Waals surface area (Å²) in [4.78, 5) is 16.4. The van der Waals surface area contributed by atoms with Gasteiger partial charge in [-0.15, -0.1) is 0 Å². The molecular formula is C15H14N4O2S2. The molecule has 0 atom stereocenters. The van der Waals surface area contributed by atoms with Crippen LogP contribution in [0.2, 0.25) is 0 Å². The largest absolute Gasteiger partial charge is 0.389 e. The number of thioether (sulfide) groups is 1. The lowest BCUT2D eigenvalue weighted by atomic mass is 10.2. The normalized spacial score (nSPS) is 10.7. The number of nitrogen functional groups attached to an aromatic ring is 1. The minimum atomic E-state index is -0.168. The highest BCUT2D eigenvalue weighted by Gasteiger charge is 2.13. The number of benzene rings is 1. The number of rotatable bonds is 5. The van der Waals surface area contributed by atoms with Crippen molar-refractivity contribution in [3.8, 4) is 11.3 Å². The first-order chi connectivity index (χ1) is 11.1. The predicted octanol–water partition coefficient (Wildman–Crippen LogP) is 3.42. The Morgan fingerprint density at radius 3 is 2.87 bits per heavy atom. The van der Waals surface area contributed by atoms with Crippen molar-refractivity contribution in [2.45, 2.75) is 11.3 Å². The quantitative estimate of drug-likeness (QED) is 0.688. The number of nitrogens with zero attached hydrogens (tertiary/aromatic N) is 2. The van der Waals surface area contributed by atoms with Crippen molar-refractivity contribution in [1.82, 2.24) is 10.1 Å². The molecular weight excluding hydrogens is 332 g/mol. The van der Waals surface area contributed by atoms with Gasteiger partial charge in [0.05, 0.1) is 5.75 Å². The second kappa shape index (κ2) is 6.84. The molecule has 0 saturated heterocycles. The molecule has 0 saturated carbocycles. The number of anilines is 2. The Labute approximate surface area is 141 Å². The SMILES string of the molecule is Cc1cc(NC(=O)CSc2nc(-c3ccccc3)c(N)s2)no1. The van der Waals surface area contributed by atoms with Crippen LogP contribution in [-0.2, 0) is 4.79 Å². The highest BCUT2D eigenvalue weighted by atomic mass is 32.2. The van der Waals surface area contributed by atoms with E-state index in [9.17, 15) is 4.79 Å². The highest BCUT2D eigenvalue weighted by Crippen LogP contribution is 2.35. The van der Waals surface area contributed by atoms with Crippen molar-refractivity contribution in [2.75, 3.05) is 16.8 Å². The van der Waals surface area contributed by atoms with E-state index in [1.165, 1.54) is 23.1 Å². The molecule has 0 radical (unpaired) electrons. The molecule has 23 heavy (non-hydrogen) atoms. The zero-order valence-electron chi connectivity index (χ0n) is 12.3. The Bertz CT molecular complexity index is 814. The van der Waals surface area contributed by atoms with Crippen LogP contribution >= 0.6 is 23.1 Å². The van der Waals surface area contributed by atoms with Crippen molar-refractivity contribution in [2.24, 2.45) is 0 Å². The number of thiazole rings is 1. The Kier molecular flexibility index (Phi) is 4.63. The maximum atomic E-state index is 11.9. The number of hydrogen-bond donors (Lipinski definition) is 2. The summed E-state index contributed by atoms with van der Waals surface area (Å²) < 4.78 is 5.66.